The van der Waals surface area contributed by atoms with E-state index in [1.807, 2.05) is 67.3 Å². The molecule has 0 bridgehead atoms. The number of amidine groups is 2. The highest BCUT2D eigenvalue weighted by Crippen LogP contribution is 2.36. The fourth-order valence-corrected chi connectivity index (χ4v) is 5.47. The van der Waals surface area contributed by atoms with E-state index in [9.17, 15) is 14.4 Å². The summed E-state index contributed by atoms with van der Waals surface area (Å²) < 4.78 is 0. The zero-order valence-corrected chi connectivity index (χ0v) is 23.0. The number of nitrogens with one attached hydrogen (secondary N) is 2. The molecule has 0 fully saturated rings. The Balaban J connectivity index is 1.50. The molecular weight excluding hydrogens is 498 g/mol. The van der Waals surface area contributed by atoms with E-state index in [2.05, 4.69) is 22.5 Å². The minimum absolute atomic E-state index is 0.0785. The maximum absolute atomic E-state index is 13.2. The average Bonchev–Trinajstić information content (AvgIpc) is 3.26. The summed E-state index contributed by atoms with van der Waals surface area (Å²) in [6.07, 6.45) is 3.04. The van der Waals surface area contributed by atoms with Gasteiger partial charge in [-0.2, -0.15) is 4.99 Å². The van der Waals surface area contributed by atoms with Gasteiger partial charge in [-0.25, -0.2) is 4.99 Å². The van der Waals surface area contributed by atoms with Crippen molar-refractivity contribution >= 4 is 46.2 Å². The third-order valence-electron chi connectivity index (χ3n) is 6.60. The first-order chi connectivity index (χ1) is 18.4. The Kier molecular flexibility index (Phi) is 9.33. The van der Waals surface area contributed by atoms with E-state index in [0.29, 0.717) is 42.6 Å². The lowest BCUT2D eigenvalue weighted by atomic mass is 10.1. The first-order valence-electron chi connectivity index (χ1n) is 13.3. The predicted molar refractivity (Wildman–Crippen MR) is 153 cm³/mol. The molecule has 2 N–H and O–H groups in total. The molecule has 4 rings (SSSR count). The van der Waals surface area contributed by atoms with E-state index in [1.165, 1.54) is 17.3 Å². The molecule has 0 aromatic heterocycles. The van der Waals surface area contributed by atoms with Crippen LogP contribution in [0.5, 0.6) is 0 Å². The van der Waals surface area contributed by atoms with Crippen molar-refractivity contribution in [3.63, 3.8) is 0 Å². The van der Waals surface area contributed by atoms with Gasteiger partial charge >= 0.3 is 0 Å². The number of carbonyl (C=O) groups is 3. The summed E-state index contributed by atoms with van der Waals surface area (Å²) in [5.74, 6) is 0.0818. The Morgan fingerprint density at radius 2 is 1.82 bits per heavy atom. The van der Waals surface area contributed by atoms with Crippen molar-refractivity contribution in [1.82, 2.24) is 15.5 Å². The third kappa shape index (κ3) is 6.51. The first kappa shape index (κ1) is 27.6. The topological polar surface area (TPSA) is 103 Å². The van der Waals surface area contributed by atoms with Gasteiger partial charge in [0.25, 0.3) is 5.91 Å². The van der Waals surface area contributed by atoms with Gasteiger partial charge in [0.15, 0.2) is 5.17 Å². The van der Waals surface area contributed by atoms with E-state index in [0.717, 1.165) is 24.0 Å². The SMILES string of the molecule is CCCCNC(=O)CCC1C(=O)N=C2c3ccccc3N=C(SC(CC)C(=O)NCc3ccc(C)cc3)N21. The molecule has 2 aliphatic heterocycles. The van der Waals surface area contributed by atoms with Gasteiger partial charge in [-0.1, -0.05) is 74.0 Å². The lowest BCUT2D eigenvalue weighted by molar-refractivity contribution is -0.122. The molecule has 0 saturated carbocycles. The Bertz CT molecular complexity index is 1240. The molecule has 9 heteroatoms. The summed E-state index contributed by atoms with van der Waals surface area (Å²) in [7, 11) is 0. The number of hydrogen-bond donors (Lipinski definition) is 2. The molecule has 2 atom stereocenters. The van der Waals surface area contributed by atoms with Crippen molar-refractivity contribution < 1.29 is 14.4 Å². The molecule has 0 saturated heterocycles. The minimum Gasteiger partial charge on any atom is -0.356 e. The summed E-state index contributed by atoms with van der Waals surface area (Å²) in [6.45, 7) is 7.13. The number of nitrogens with zero attached hydrogens (tertiary/aromatic N) is 3. The van der Waals surface area contributed by atoms with Crippen LogP contribution in [0.1, 0.15) is 62.6 Å². The van der Waals surface area contributed by atoms with E-state index >= 15 is 0 Å². The lowest BCUT2D eigenvalue weighted by Gasteiger charge is -2.32. The monoisotopic (exact) mass is 533 g/mol. The standard InChI is InChI=1S/C29H35N5O3S/c1-4-6-17-30-25(35)16-15-23-27(36)33-26-21-9-7-8-10-22(21)32-29(34(23)26)38-24(5-2)28(37)31-18-20-13-11-19(3)12-14-20/h7-14,23-24H,4-6,15-18H2,1-3H3,(H,30,35)(H,31,37). The molecule has 38 heavy (non-hydrogen) atoms. The second-order valence-corrected chi connectivity index (χ2v) is 10.7. The zero-order valence-electron chi connectivity index (χ0n) is 22.2. The van der Waals surface area contributed by atoms with Crippen molar-refractivity contribution in [2.45, 2.75) is 70.7 Å². The highest BCUT2D eigenvalue weighted by Gasteiger charge is 2.42. The number of fused-ring (bicyclic) bond motifs is 3. The molecule has 0 aliphatic carbocycles. The quantitative estimate of drug-likeness (QED) is 0.415. The number of unbranched alkanes of at least 4 members (excludes halogenated alkanes) is 1. The Hall–Kier alpha value is -3.46. The summed E-state index contributed by atoms with van der Waals surface area (Å²) in [5, 5.41) is 6.11. The molecule has 200 valence electrons. The van der Waals surface area contributed by atoms with Gasteiger partial charge in [0, 0.05) is 25.1 Å². The number of aliphatic imine (C=N–C) groups is 2. The van der Waals surface area contributed by atoms with Crippen LogP contribution in [0, 0.1) is 6.92 Å². The van der Waals surface area contributed by atoms with Crippen LogP contribution in [0.25, 0.3) is 0 Å². The van der Waals surface area contributed by atoms with E-state index < -0.39 is 11.3 Å². The van der Waals surface area contributed by atoms with Crippen LogP contribution in [-0.2, 0) is 20.9 Å². The summed E-state index contributed by atoms with van der Waals surface area (Å²) in [6, 6.07) is 15.0. The fraction of sp³-hybridized carbons (Fsp3) is 0.414. The smallest absolute Gasteiger partial charge is 0.270 e. The lowest BCUT2D eigenvalue weighted by Crippen LogP contribution is -2.45. The maximum atomic E-state index is 13.2. The maximum Gasteiger partial charge on any atom is 0.270 e. The van der Waals surface area contributed by atoms with Crippen molar-refractivity contribution in [1.29, 1.82) is 0 Å². The second kappa shape index (κ2) is 12.9. The van der Waals surface area contributed by atoms with Crippen LogP contribution in [0.3, 0.4) is 0 Å². The molecule has 2 aromatic carbocycles. The fourth-order valence-electron chi connectivity index (χ4n) is 4.38. The van der Waals surface area contributed by atoms with Crippen LogP contribution < -0.4 is 10.6 Å². The largest absolute Gasteiger partial charge is 0.356 e. The molecule has 8 nitrogen and oxygen atoms in total. The Morgan fingerprint density at radius 3 is 2.55 bits per heavy atom. The van der Waals surface area contributed by atoms with Gasteiger partial charge in [0.2, 0.25) is 11.8 Å². The summed E-state index contributed by atoms with van der Waals surface area (Å²) >= 11 is 1.34. The minimum atomic E-state index is -0.630. The number of carbonyl (C=O) groups excluding carboxylic acids is 3. The van der Waals surface area contributed by atoms with Gasteiger partial charge in [0.05, 0.1) is 10.9 Å². The van der Waals surface area contributed by atoms with Gasteiger partial charge < -0.3 is 10.6 Å². The number of hydrogen-bond acceptors (Lipinski definition) is 6. The number of benzene rings is 2. The van der Waals surface area contributed by atoms with Crippen molar-refractivity contribution in [2.75, 3.05) is 6.54 Å². The van der Waals surface area contributed by atoms with Gasteiger partial charge in [-0.3, -0.25) is 19.3 Å². The van der Waals surface area contributed by atoms with Crippen molar-refractivity contribution in [2.24, 2.45) is 9.98 Å². The third-order valence-corrected chi connectivity index (χ3v) is 7.93. The summed E-state index contributed by atoms with van der Waals surface area (Å²) in [5.41, 5.74) is 3.69. The van der Waals surface area contributed by atoms with Gasteiger partial charge in [0.1, 0.15) is 11.9 Å². The van der Waals surface area contributed by atoms with Crippen LogP contribution in [0.15, 0.2) is 58.5 Å². The van der Waals surface area contributed by atoms with Crippen molar-refractivity contribution in [3.8, 4) is 0 Å². The van der Waals surface area contributed by atoms with Gasteiger partial charge in [-0.05, 0) is 43.9 Å². The van der Waals surface area contributed by atoms with Crippen LogP contribution in [0.4, 0.5) is 5.69 Å². The van der Waals surface area contributed by atoms with Gasteiger partial charge in [-0.15, -0.1) is 0 Å². The van der Waals surface area contributed by atoms with E-state index in [1.54, 1.807) is 0 Å². The normalized spacial score (nSPS) is 16.8. The van der Waals surface area contributed by atoms with E-state index in [-0.39, 0.29) is 24.1 Å². The summed E-state index contributed by atoms with van der Waals surface area (Å²) in [4.78, 5) is 49.6. The molecular formula is C29H35N5O3S. The number of rotatable bonds is 11. The first-order valence-corrected chi connectivity index (χ1v) is 14.2. The molecule has 0 spiro atoms. The molecule has 0 radical (unpaired) electrons. The molecule has 2 unspecified atom stereocenters. The zero-order chi connectivity index (χ0) is 27.1. The number of para-hydroxylation sites is 1. The highest BCUT2D eigenvalue weighted by atomic mass is 32.2. The Morgan fingerprint density at radius 1 is 1.05 bits per heavy atom. The highest BCUT2D eigenvalue weighted by molar-refractivity contribution is 8.15. The molecule has 2 aromatic rings. The van der Waals surface area contributed by atoms with E-state index in [4.69, 9.17) is 4.99 Å². The predicted octanol–water partition coefficient (Wildman–Crippen LogP) is 4.48. The second-order valence-electron chi connectivity index (χ2n) is 9.53. The number of thioether (sulfide) groups is 1. The van der Waals surface area contributed by atoms with Crippen LogP contribution in [-0.4, -0.2) is 51.5 Å². The number of aryl methyl sites for hydroxylation is 1. The Labute approximate surface area is 228 Å². The number of amides is 3. The average molecular weight is 534 g/mol. The molecule has 3 amide bonds. The van der Waals surface area contributed by atoms with Crippen LogP contribution in [0.2, 0.25) is 0 Å². The molecule has 2 aliphatic rings. The van der Waals surface area contributed by atoms with Crippen molar-refractivity contribution in [3.05, 3.63) is 65.2 Å². The molecule has 2 heterocycles. The van der Waals surface area contributed by atoms with Crippen LogP contribution >= 0.6 is 11.8 Å².